The fourth-order valence-electron chi connectivity index (χ4n) is 0.929. The van der Waals surface area contributed by atoms with Crippen molar-refractivity contribution in [2.45, 2.75) is 13.5 Å². The highest BCUT2D eigenvalue weighted by Crippen LogP contribution is 2.35. The van der Waals surface area contributed by atoms with Gasteiger partial charge in [0.05, 0.1) is 0 Å². The van der Waals surface area contributed by atoms with Crippen LogP contribution >= 0.6 is 0 Å². The largest absolute Gasteiger partial charge is 0.504 e. The van der Waals surface area contributed by atoms with Crippen molar-refractivity contribution in [1.29, 1.82) is 0 Å². The molecule has 0 aliphatic rings. The fraction of sp³-hybridized carbons (Fsp3) is 0.222. The Morgan fingerprint density at radius 3 is 2.21 bits per heavy atom. The fourth-order valence-corrected chi connectivity index (χ4v) is 0.929. The summed E-state index contributed by atoms with van der Waals surface area (Å²) in [5.74, 6) is -1.95. The van der Waals surface area contributed by atoms with Crippen LogP contribution in [0.25, 0.3) is 0 Å². The molecule has 1 aromatic rings. The lowest BCUT2D eigenvalue weighted by atomic mass is 10.2. The normalized spacial score (nSPS) is 9.79. The van der Waals surface area contributed by atoms with Gasteiger partial charge in [0.1, 0.15) is 6.61 Å². The van der Waals surface area contributed by atoms with E-state index < -0.39 is 23.2 Å². The van der Waals surface area contributed by atoms with Gasteiger partial charge in [0.2, 0.25) is 0 Å². The summed E-state index contributed by atoms with van der Waals surface area (Å²) in [5.41, 5.74) is 0.396. The van der Waals surface area contributed by atoms with Crippen LogP contribution in [-0.2, 0) is 16.1 Å². The summed E-state index contributed by atoms with van der Waals surface area (Å²) in [6.07, 6.45) is 0. The number of carbonyl (C=O) groups is 1. The van der Waals surface area contributed by atoms with E-state index >= 15 is 0 Å². The minimum absolute atomic E-state index is 0.0588. The molecule has 5 heteroatoms. The zero-order valence-electron chi connectivity index (χ0n) is 7.52. The Bertz CT molecular complexity index is 335. The van der Waals surface area contributed by atoms with Crippen molar-refractivity contribution in [3.8, 4) is 17.2 Å². The van der Waals surface area contributed by atoms with Crippen LogP contribution in [0.2, 0.25) is 0 Å². The Kier molecular flexibility index (Phi) is 2.81. The van der Waals surface area contributed by atoms with Gasteiger partial charge in [-0.2, -0.15) is 0 Å². The van der Waals surface area contributed by atoms with E-state index in [1.54, 1.807) is 0 Å². The van der Waals surface area contributed by atoms with Gasteiger partial charge in [0.25, 0.3) is 0 Å². The Balaban J connectivity index is 2.84. The third-order valence-corrected chi connectivity index (χ3v) is 1.57. The molecule has 1 rings (SSSR count). The van der Waals surface area contributed by atoms with Crippen LogP contribution in [0.5, 0.6) is 17.2 Å². The molecule has 0 amide bonds. The summed E-state index contributed by atoms with van der Waals surface area (Å²) in [5, 5.41) is 27.2. The first-order valence-electron chi connectivity index (χ1n) is 3.88. The van der Waals surface area contributed by atoms with E-state index in [9.17, 15) is 4.79 Å². The molecule has 0 fully saturated rings. The first-order chi connectivity index (χ1) is 6.50. The quantitative estimate of drug-likeness (QED) is 0.484. The van der Waals surface area contributed by atoms with Gasteiger partial charge >= 0.3 is 5.97 Å². The zero-order valence-corrected chi connectivity index (χ0v) is 7.52. The molecule has 0 radical (unpaired) electrons. The average Bonchev–Trinajstić information content (AvgIpc) is 2.10. The van der Waals surface area contributed by atoms with Crippen LogP contribution in [0.1, 0.15) is 12.5 Å². The Hall–Kier alpha value is -1.91. The number of carbonyl (C=O) groups excluding carboxylic acids is 1. The molecule has 14 heavy (non-hydrogen) atoms. The molecule has 76 valence electrons. The maximum absolute atomic E-state index is 10.5. The number of ether oxygens (including phenoxy) is 1. The van der Waals surface area contributed by atoms with Crippen molar-refractivity contribution >= 4 is 5.97 Å². The minimum atomic E-state index is -0.587. The smallest absolute Gasteiger partial charge is 0.302 e. The number of phenols is 3. The third kappa shape index (κ3) is 2.29. The van der Waals surface area contributed by atoms with E-state index in [1.165, 1.54) is 19.1 Å². The zero-order chi connectivity index (χ0) is 10.7. The van der Waals surface area contributed by atoms with Gasteiger partial charge in [-0.1, -0.05) is 0 Å². The first-order valence-corrected chi connectivity index (χ1v) is 3.88. The molecule has 0 bridgehead atoms. The second kappa shape index (κ2) is 3.87. The Morgan fingerprint density at radius 1 is 1.29 bits per heavy atom. The van der Waals surface area contributed by atoms with Gasteiger partial charge in [-0.25, -0.2) is 0 Å². The van der Waals surface area contributed by atoms with Crippen LogP contribution in [-0.4, -0.2) is 21.3 Å². The first kappa shape index (κ1) is 10.2. The Morgan fingerprint density at radius 2 is 1.79 bits per heavy atom. The van der Waals surface area contributed by atoms with Crippen LogP contribution in [0.4, 0.5) is 0 Å². The van der Waals surface area contributed by atoms with Gasteiger partial charge in [0, 0.05) is 6.92 Å². The summed E-state index contributed by atoms with van der Waals surface area (Å²) in [4.78, 5) is 10.5. The highest BCUT2D eigenvalue weighted by Gasteiger charge is 2.08. The molecule has 1 aromatic carbocycles. The van der Waals surface area contributed by atoms with Crippen molar-refractivity contribution in [3.05, 3.63) is 17.7 Å². The van der Waals surface area contributed by atoms with Crippen LogP contribution < -0.4 is 0 Å². The second-order valence-corrected chi connectivity index (χ2v) is 2.76. The van der Waals surface area contributed by atoms with Gasteiger partial charge in [-0.3, -0.25) is 4.79 Å². The molecule has 5 nitrogen and oxygen atoms in total. The lowest BCUT2D eigenvalue weighted by Gasteiger charge is -2.05. The van der Waals surface area contributed by atoms with E-state index in [0.717, 1.165) is 0 Å². The molecular weight excluding hydrogens is 188 g/mol. The molecule has 0 unspecified atom stereocenters. The monoisotopic (exact) mass is 198 g/mol. The predicted molar refractivity (Wildman–Crippen MR) is 46.9 cm³/mol. The minimum Gasteiger partial charge on any atom is -0.504 e. The summed E-state index contributed by atoms with van der Waals surface area (Å²) in [7, 11) is 0. The molecule has 0 saturated carbocycles. The number of rotatable bonds is 2. The van der Waals surface area contributed by atoms with E-state index in [1.807, 2.05) is 0 Å². The van der Waals surface area contributed by atoms with Gasteiger partial charge in [-0.05, 0) is 17.7 Å². The van der Waals surface area contributed by atoms with Crippen molar-refractivity contribution in [2.24, 2.45) is 0 Å². The maximum Gasteiger partial charge on any atom is 0.302 e. The summed E-state index contributed by atoms with van der Waals surface area (Å²) >= 11 is 0. The van der Waals surface area contributed by atoms with E-state index in [0.29, 0.717) is 5.56 Å². The molecule has 0 aliphatic carbocycles. The molecular formula is C9H10O5. The maximum atomic E-state index is 10.5. The third-order valence-electron chi connectivity index (χ3n) is 1.57. The number of benzene rings is 1. The summed E-state index contributed by atoms with van der Waals surface area (Å²) < 4.78 is 4.63. The topological polar surface area (TPSA) is 87.0 Å². The number of phenolic OH excluding ortho intramolecular Hbond substituents is 3. The van der Waals surface area contributed by atoms with Gasteiger partial charge in [0.15, 0.2) is 17.2 Å². The molecule has 0 spiro atoms. The summed E-state index contributed by atoms with van der Waals surface area (Å²) in [6.45, 7) is 1.19. The SMILES string of the molecule is CC(=O)OCc1cc(O)c(O)c(O)c1. The number of aromatic hydroxyl groups is 3. The Labute approximate surface area is 80.2 Å². The standard InChI is InChI=1S/C9H10O5/c1-5(10)14-4-6-2-7(11)9(13)8(12)3-6/h2-3,11-13H,4H2,1H3. The molecule has 0 atom stereocenters. The highest BCUT2D eigenvalue weighted by molar-refractivity contribution is 5.66. The van der Waals surface area contributed by atoms with E-state index in [4.69, 9.17) is 15.3 Å². The van der Waals surface area contributed by atoms with Crippen LogP contribution in [0.3, 0.4) is 0 Å². The number of hydrogen-bond donors (Lipinski definition) is 3. The van der Waals surface area contributed by atoms with Crippen LogP contribution in [0.15, 0.2) is 12.1 Å². The lowest BCUT2D eigenvalue weighted by molar-refractivity contribution is -0.142. The average molecular weight is 198 g/mol. The summed E-state index contributed by atoms with van der Waals surface area (Å²) in [6, 6.07) is 2.41. The number of esters is 1. The highest BCUT2D eigenvalue weighted by atomic mass is 16.5. The van der Waals surface area contributed by atoms with Crippen molar-refractivity contribution in [1.82, 2.24) is 0 Å². The molecule has 0 heterocycles. The van der Waals surface area contributed by atoms with Crippen molar-refractivity contribution in [2.75, 3.05) is 0 Å². The van der Waals surface area contributed by atoms with Crippen molar-refractivity contribution in [3.63, 3.8) is 0 Å². The molecule has 3 N–H and O–H groups in total. The van der Waals surface area contributed by atoms with Crippen molar-refractivity contribution < 1.29 is 24.9 Å². The predicted octanol–water partition coefficient (Wildman–Crippen LogP) is 0.866. The van der Waals surface area contributed by atoms with Gasteiger partial charge in [-0.15, -0.1) is 0 Å². The number of hydrogen-bond acceptors (Lipinski definition) is 5. The molecule has 0 saturated heterocycles. The lowest BCUT2D eigenvalue weighted by Crippen LogP contribution is -1.98. The van der Waals surface area contributed by atoms with Crippen LogP contribution in [0, 0.1) is 0 Å². The van der Waals surface area contributed by atoms with Gasteiger partial charge < -0.3 is 20.1 Å². The van der Waals surface area contributed by atoms with E-state index in [-0.39, 0.29) is 6.61 Å². The molecule has 0 aromatic heterocycles. The molecule has 0 aliphatic heterocycles. The van der Waals surface area contributed by atoms with E-state index in [2.05, 4.69) is 4.74 Å². The second-order valence-electron chi connectivity index (χ2n) is 2.76.